The van der Waals surface area contributed by atoms with Gasteiger partial charge in [-0.2, -0.15) is 0 Å². The molecule has 2 nitrogen and oxygen atoms in total. The average molecular weight is 739 g/mol. The molecule has 1 aliphatic heterocycles. The van der Waals surface area contributed by atoms with E-state index in [2.05, 4.69) is 109 Å². The number of nitrogens with zero attached hydrogens (tertiary/aromatic N) is 2. The van der Waals surface area contributed by atoms with Crippen LogP contribution in [0.1, 0.15) is 19.4 Å². The van der Waals surface area contributed by atoms with Crippen molar-refractivity contribution in [3.05, 3.63) is 145 Å². The van der Waals surface area contributed by atoms with E-state index in [-0.39, 0.29) is 20.1 Å². The number of benzene rings is 4. The molecule has 0 aliphatic carbocycles. The average Bonchev–Trinajstić information content (AvgIpc) is 3.16. The summed E-state index contributed by atoms with van der Waals surface area (Å²) in [5, 5.41) is 0. The van der Waals surface area contributed by atoms with E-state index >= 15 is 0 Å². The van der Waals surface area contributed by atoms with Gasteiger partial charge in [0.1, 0.15) is 0 Å². The van der Waals surface area contributed by atoms with Crippen molar-refractivity contribution in [3.63, 3.8) is 0 Å². The minimum absolute atomic E-state index is 0. The fourth-order valence-electron chi connectivity index (χ4n) is 5.07. The van der Waals surface area contributed by atoms with Crippen LogP contribution in [-0.4, -0.2) is 9.97 Å². The number of pyridine rings is 2. The topological polar surface area (TPSA) is 25.8 Å². The third-order valence-electron chi connectivity index (χ3n) is 6.92. The van der Waals surface area contributed by atoms with Gasteiger partial charge in [0.05, 0.1) is 0 Å². The van der Waals surface area contributed by atoms with E-state index in [4.69, 9.17) is 0 Å². The van der Waals surface area contributed by atoms with E-state index in [1.807, 2.05) is 60.4 Å². The normalized spacial score (nSPS) is 11.1. The van der Waals surface area contributed by atoms with Gasteiger partial charge in [0.25, 0.3) is 0 Å². The van der Waals surface area contributed by atoms with Crippen LogP contribution in [0.15, 0.2) is 137 Å². The molecule has 7 rings (SSSR count). The van der Waals surface area contributed by atoms with Crippen LogP contribution >= 0.6 is 11.8 Å². The van der Waals surface area contributed by atoms with Crippen molar-refractivity contribution in [3.8, 4) is 44.8 Å². The molecule has 0 saturated heterocycles. The van der Waals surface area contributed by atoms with E-state index < -0.39 is 0 Å². The van der Waals surface area contributed by atoms with E-state index in [0.717, 1.165) is 28.9 Å². The molecule has 4 heteroatoms. The number of hydrogen-bond acceptors (Lipinski definition) is 3. The summed E-state index contributed by atoms with van der Waals surface area (Å²) in [5.74, 6) is 0.628. The summed E-state index contributed by atoms with van der Waals surface area (Å²) in [6.07, 6.45) is 4.77. The maximum absolute atomic E-state index is 4.65. The fraction of sp³-hybridized carbons (Fsp3) is 0.105. The van der Waals surface area contributed by atoms with Gasteiger partial charge in [-0.25, -0.2) is 0 Å². The van der Waals surface area contributed by atoms with Gasteiger partial charge in [-0.1, -0.05) is 90.5 Å². The second kappa shape index (κ2) is 13.9. The van der Waals surface area contributed by atoms with Crippen molar-refractivity contribution in [1.82, 2.24) is 9.97 Å². The zero-order chi connectivity index (χ0) is 28.0. The van der Waals surface area contributed by atoms with Gasteiger partial charge in [0.15, 0.2) is 0 Å². The number of hydrogen-bond donors (Lipinski definition) is 0. The molecule has 0 spiro atoms. The van der Waals surface area contributed by atoms with Crippen LogP contribution < -0.4 is 0 Å². The molecule has 0 saturated carbocycles. The molecule has 3 heterocycles. The smallest absolute Gasteiger partial charge is 0.0163 e. The monoisotopic (exact) mass is 739 g/mol. The molecule has 209 valence electrons. The summed E-state index contributed by atoms with van der Waals surface area (Å²) in [5.41, 5.74) is 10.5. The third-order valence-corrected chi connectivity index (χ3v) is 8.06. The molecule has 42 heavy (non-hydrogen) atoms. The van der Waals surface area contributed by atoms with Gasteiger partial charge in [0.2, 0.25) is 0 Å². The number of rotatable bonds is 4. The van der Waals surface area contributed by atoms with E-state index in [1.165, 1.54) is 37.6 Å². The molecule has 0 N–H and O–H groups in total. The van der Waals surface area contributed by atoms with Crippen LogP contribution in [-0.2, 0) is 26.5 Å². The Bertz CT molecular complexity index is 1730. The van der Waals surface area contributed by atoms with Gasteiger partial charge < -0.3 is 9.97 Å². The Morgan fingerprint density at radius 3 is 2.07 bits per heavy atom. The maximum atomic E-state index is 4.65. The molecule has 1 aliphatic rings. The first-order chi connectivity index (χ1) is 20.2. The van der Waals surface area contributed by atoms with E-state index in [0.29, 0.717) is 5.92 Å². The molecule has 1 radical (unpaired) electrons. The molecule has 0 bridgehead atoms. The molecule has 0 unspecified atom stereocenters. The zero-order valence-corrected chi connectivity index (χ0v) is 26.8. The Morgan fingerprint density at radius 1 is 0.619 bits per heavy atom. The Morgan fingerprint density at radius 2 is 1.33 bits per heavy atom. The number of aromatic nitrogens is 2. The summed E-state index contributed by atoms with van der Waals surface area (Å²) in [4.78, 5) is 11.4. The van der Waals surface area contributed by atoms with E-state index in [1.54, 1.807) is 6.20 Å². The Hall–Kier alpha value is -3.82. The summed E-state index contributed by atoms with van der Waals surface area (Å²) < 4.78 is 0. The van der Waals surface area contributed by atoms with Gasteiger partial charge in [-0.05, 0) is 58.6 Å². The van der Waals surface area contributed by atoms with Crippen LogP contribution in [0.5, 0.6) is 0 Å². The molecular weight excluding hydrogens is 709 g/mol. The zero-order valence-electron chi connectivity index (χ0n) is 23.5. The van der Waals surface area contributed by atoms with Crippen molar-refractivity contribution < 1.29 is 20.1 Å². The van der Waals surface area contributed by atoms with Gasteiger partial charge >= 0.3 is 0 Å². The first-order valence-electron chi connectivity index (χ1n) is 13.9. The molecule has 0 fully saturated rings. The van der Waals surface area contributed by atoms with E-state index in [9.17, 15) is 0 Å². The summed E-state index contributed by atoms with van der Waals surface area (Å²) in [7, 11) is 0. The maximum Gasteiger partial charge on any atom is 0.0163 e. The van der Waals surface area contributed by atoms with Gasteiger partial charge in [0, 0.05) is 37.4 Å². The Labute approximate surface area is 266 Å². The van der Waals surface area contributed by atoms with Crippen LogP contribution in [0.2, 0.25) is 0 Å². The summed E-state index contributed by atoms with van der Waals surface area (Å²) in [6, 6.07) is 46.4. The Kier molecular flexibility index (Phi) is 9.81. The predicted molar refractivity (Wildman–Crippen MR) is 171 cm³/mol. The number of fused-ring (bicyclic) bond motifs is 5. The van der Waals surface area contributed by atoms with Crippen LogP contribution in [0.4, 0.5) is 0 Å². The first kappa shape index (κ1) is 29.7. The fourth-order valence-corrected chi connectivity index (χ4v) is 6.13. The van der Waals surface area contributed by atoms with Crippen LogP contribution in [0.3, 0.4) is 0 Å². The summed E-state index contributed by atoms with van der Waals surface area (Å²) in [6.45, 7) is 4.50. The second-order valence-corrected chi connectivity index (χ2v) is 11.5. The van der Waals surface area contributed by atoms with Gasteiger partial charge in [-0.15, -0.1) is 71.4 Å². The molecular formula is C38H30IrN2S-2. The molecule has 4 aromatic carbocycles. The van der Waals surface area contributed by atoms with Crippen molar-refractivity contribution in [2.75, 3.05) is 0 Å². The quantitative estimate of drug-likeness (QED) is 0.168. The minimum Gasteiger partial charge on any atom is -0.305 e. The molecule has 0 atom stereocenters. The second-order valence-electron chi connectivity index (χ2n) is 10.4. The van der Waals surface area contributed by atoms with Crippen LogP contribution in [0.25, 0.3) is 44.8 Å². The van der Waals surface area contributed by atoms with Crippen molar-refractivity contribution in [1.29, 1.82) is 0 Å². The van der Waals surface area contributed by atoms with Gasteiger partial charge in [-0.3, -0.25) is 0 Å². The van der Waals surface area contributed by atoms with Crippen molar-refractivity contribution in [2.45, 2.75) is 30.1 Å². The van der Waals surface area contributed by atoms with Crippen molar-refractivity contribution in [2.24, 2.45) is 5.92 Å². The largest absolute Gasteiger partial charge is 0.305 e. The molecule has 0 amide bonds. The third kappa shape index (κ3) is 6.79. The molecule has 6 aromatic rings. The minimum atomic E-state index is 0. The van der Waals surface area contributed by atoms with Crippen LogP contribution in [0, 0.1) is 18.1 Å². The predicted octanol–water partition coefficient (Wildman–Crippen LogP) is 10.1. The SMILES string of the molecule is CC(C)Cc1ccnc(-c2[c-]cc3c(c2)-c2ccccc2-c2ccccc2S3)c1.[Ir].[c-]1ccccc1-c1ccccn1. The first-order valence-corrected chi connectivity index (χ1v) is 14.7. The standard InChI is InChI=1S/C27H22NS.C11H8N.Ir/c1-18(2)15-19-13-14-28-25(16-19)20-11-12-27-24(17-20)22-8-4-3-7-21(22)23-9-5-6-10-26(23)29-27;1-2-6-10(7-3-1)11-8-4-5-9-12-11;/h3-10,12-14,16-18H,15H2,1-2H3;1-6,8-9H;/q2*-1;. The summed E-state index contributed by atoms with van der Waals surface area (Å²) >= 11 is 1.82. The van der Waals surface area contributed by atoms with Crippen molar-refractivity contribution >= 4 is 11.8 Å². The Balaban J connectivity index is 0.000000228. The molecule has 2 aromatic heterocycles.